The van der Waals surface area contributed by atoms with Gasteiger partial charge in [-0.3, -0.25) is 14.5 Å². The molecule has 3 rings (SSSR count). The number of ether oxygens (including phenoxy) is 1. The van der Waals surface area contributed by atoms with Crippen LogP contribution in [0.15, 0.2) is 54.6 Å². The molecule has 2 aromatic rings. The third kappa shape index (κ3) is 6.09. The number of anilines is 1. The molecule has 1 aliphatic rings. The fraction of sp³-hybridized carbons (Fsp3) is 0.364. The number of hydrogen-bond donors (Lipinski definition) is 1. The first-order valence-corrected chi connectivity index (χ1v) is 9.64. The zero-order valence-electron chi connectivity index (χ0n) is 16.3. The van der Waals surface area contributed by atoms with E-state index in [2.05, 4.69) is 10.2 Å². The third-order valence-electron chi connectivity index (χ3n) is 4.86. The van der Waals surface area contributed by atoms with E-state index >= 15 is 0 Å². The Bertz CT molecular complexity index is 769. The summed E-state index contributed by atoms with van der Waals surface area (Å²) in [6.07, 6.45) is 0.437. The van der Waals surface area contributed by atoms with Crippen molar-refractivity contribution in [2.45, 2.75) is 20.0 Å². The molecule has 0 saturated carbocycles. The van der Waals surface area contributed by atoms with Crippen molar-refractivity contribution in [3.8, 4) is 5.75 Å². The smallest absolute Gasteiger partial charge is 0.225 e. The number of carbonyl (C=O) groups is 2. The van der Waals surface area contributed by atoms with Crippen LogP contribution in [0.4, 0.5) is 5.69 Å². The van der Waals surface area contributed by atoms with Crippen LogP contribution in [0.5, 0.6) is 5.75 Å². The summed E-state index contributed by atoms with van der Waals surface area (Å²) >= 11 is 0. The maximum Gasteiger partial charge on any atom is 0.225 e. The average Bonchev–Trinajstić information content (AvgIpc) is 2.73. The van der Waals surface area contributed by atoms with Crippen molar-refractivity contribution in [3.63, 3.8) is 0 Å². The van der Waals surface area contributed by atoms with E-state index in [1.807, 2.05) is 59.5 Å². The minimum atomic E-state index is -0.00745. The van der Waals surface area contributed by atoms with Crippen LogP contribution in [0, 0.1) is 0 Å². The topological polar surface area (TPSA) is 61.9 Å². The summed E-state index contributed by atoms with van der Waals surface area (Å²) in [7, 11) is 0. The predicted molar refractivity (Wildman–Crippen MR) is 109 cm³/mol. The number of rotatable bonds is 7. The van der Waals surface area contributed by atoms with Crippen LogP contribution < -0.4 is 10.1 Å². The summed E-state index contributed by atoms with van der Waals surface area (Å²) in [4.78, 5) is 27.6. The van der Waals surface area contributed by atoms with E-state index in [4.69, 9.17) is 4.74 Å². The number of nitrogens with zero attached hydrogens (tertiary/aromatic N) is 2. The Morgan fingerprint density at radius 2 is 1.64 bits per heavy atom. The number of carbonyl (C=O) groups excluding carboxylic acids is 2. The molecular formula is C22H27N3O3. The second-order valence-corrected chi connectivity index (χ2v) is 6.94. The van der Waals surface area contributed by atoms with E-state index in [-0.39, 0.29) is 11.8 Å². The Kier molecular flexibility index (Phi) is 7.03. The Morgan fingerprint density at radius 1 is 0.964 bits per heavy atom. The van der Waals surface area contributed by atoms with Gasteiger partial charge in [0.2, 0.25) is 11.8 Å². The van der Waals surface area contributed by atoms with Gasteiger partial charge in [-0.2, -0.15) is 0 Å². The number of amides is 2. The first-order chi connectivity index (χ1) is 13.6. The number of benzene rings is 2. The van der Waals surface area contributed by atoms with Crippen LogP contribution in [0.3, 0.4) is 0 Å². The van der Waals surface area contributed by atoms with Gasteiger partial charge < -0.3 is 15.0 Å². The van der Waals surface area contributed by atoms with Crippen LogP contribution in [0.25, 0.3) is 0 Å². The zero-order chi connectivity index (χ0) is 19.8. The van der Waals surface area contributed by atoms with Crippen molar-refractivity contribution >= 4 is 17.5 Å². The Morgan fingerprint density at radius 3 is 2.29 bits per heavy atom. The highest BCUT2D eigenvalue weighted by Crippen LogP contribution is 2.17. The highest BCUT2D eigenvalue weighted by atomic mass is 16.5. The summed E-state index contributed by atoms with van der Waals surface area (Å²) in [6, 6.07) is 17.4. The van der Waals surface area contributed by atoms with Crippen LogP contribution in [-0.4, -0.2) is 54.3 Å². The van der Waals surface area contributed by atoms with Gasteiger partial charge in [0.1, 0.15) is 12.4 Å². The first-order valence-electron chi connectivity index (χ1n) is 9.64. The fourth-order valence-corrected chi connectivity index (χ4v) is 3.14. The van der Waals surface area contributed by atoms with Crippen molar-refractivity contribution in [2.24, 2.45) is 0 Å². The molecule has 1 N–H and O–H groups in total. The molecule has 0 aromatic heterocycles. The minimum absolute atomic E-state index is 0.00745. The largest absolute Gasteiger partial charge is 0.489 e. The normalized spacial score (nSPS) is 14.5. The van der Waals surface area contributed by atoms with E-state index < -0.39 is 0 Å². The SMILES string of the molecule is CC(=O)N1CCN(CCC(=O)Nc2ccc(OCc3ccccc3)cc2)CC1. The number of nitrogens with one attached hydrogen (secondary N) is 1. The highest BCUT2D eigenvalue weighted by Gasteiger charge is 2.18. The van der Waals surface area contributed by atoms with E-state index in [1.165, 1.54) is 0 Å². The molecule has 6 heteroatoms. The molecule has 0 unspecified atom stereocenters. The minimum Gasteiger partial charge on any atom is -0.489 e. The second-order valence-electron chi connectivity index (χ2n) is 6.94. The summed E-state index contributed by atoms with van der Waals surface area (Å²) in [5.41, 5.74) is 1.88. The van der Waals surface area contributed by atoms with Gasteiger partial charge in [-0.25, -0.2) is 0 Å². The van der Waals surface area contributed by atoms with Crippen molar-refractivity contribution in [1.82, 2.24) is 9.80 Å². The van der Waals surface area contributed by atoms with Gasteiger partial charge in [0.05, 0.1) is 0 Å². The highest BCUT2D eigenvalue weighted by molar-refractivity contribution is 5.90. The molecule has 0 radical (unpaired) electrons. The molecule has 1 fully saturated rings. The summed E-state index contributed by atoms with van der Waals surface area (Å²) in [6.45, 7) is 5.93. The molecule has 0 atom stereocenters. The van der Waals surface area contributed by atoms with E-state index in [0.29, 0.717) is 19.6 Å². The average molecular weight is 381 g/mol. The Balaban J connectivity index is 1.38. The molecule has 28 heavy (non-hydrogen) atoms. The van der Waals surface area contributed by atoms with E-state index in [1.54, 1.807) is 6.92 Å². The lowest BCUT2D eigenvalue weighted by atomic mass is 10.2. The second kappa shape index (κ2) is 9.90. The summed E-state index contributed by atoms with van der Waals surface area (Å²) in [5, 5.41) is 2.92. The van der Waals surface area contributed by atoms with Crippen LogP contribution >= 0.6 is 0 Å². The van der Waals surface area contributed by atoms with Gasteiger partial charge in [0.15, 0.2) is 0 Å². The maximum absolute atomic E-state index is 12.2. The monoisotopic (exact) mass is 381 g/mol. The molecule has 0 aliphatic carbocycles. The number of piperazine rings is 1. The predicted octanol–water partition coefficient (Wildman–Crippen LogP) is 2.76. The summed E-state index contributed by atoms with van der Waals surface area (Å²) < 4.78 is 5.76. The Labute approximate surface area is 166 Å². The van der Waals surface area contributed by atoms with Crippen molar-refractivity contribution in [3.05, 3.63) is 60.2 Å². The lowest BCUT2D eigenvalue weighted by molar-refractivity contribution is -0.130. The zero-order valence-corrected chi connectivity index (χ0v) is 16.3. The third-order valence-corrected chi connectivity index (χ3v) is 4.86. The standard InChI is InChI=1S/C22H27N3O3/c1-18(26)25-15-13-24(14-16-25)12-11-22(27)23-20-7-9-21(10-8-20)28-17-19-5-3-2-4-6-19/h2-10H,11-17H2,1H3,(H,23,27). The maximum atomic E-state index is 12.2. The Hall–Kier alpha value is -2.86. The van der Waals surface area contributed by atoms with Crippen molar-refractivity contribution < 1.29 is 14.3 Å². The number of hydrogen-bond acceptors (Lipinski definition) is 4. The molecule has 6 nitrogen and oxygen atoms in total. The molecular weight excluding hydrogens is 354 g/mol. The van der Waals surface area contributed by atoms with E-state index in [0.717, 1.165) is 43.2 Å². The summed E-state index contributed by atoms with van der Waals surface area (Å²) in [5.74, 6) is 0.880. The van der Waals surface area contributed by atoms with Gasteiger partial charge in [-0.1, -0.05) is 30.3 Å². The molecule has 0 bridgehead atoms. The lowest BCUT2D eigenvalue weighted by Crippen LogP contribution is -2.48. The van der Waals surface area contributed by atoms with Crippen LogP contribution in [0.2, 0.25) is 0 Å². The molecule has 1 saturated heterocycles. The molecule has 0 spiro atoms. The first kappa shape index (κ1) is 19.9. The van der Waals surface area contributed by atoms with Gasteiger partial charge in [0.25, 0.3) is 0 Å². The van der Waals surface area contributed by atoms with Gasteiger partial charge in [-0.05, 0) is 29.8 Å². The lowest BCUT2D eigenvalue weighted by Gasteiger charge is -2.34. The van der Waals surface area contributed by atoms with Crippen molar-refractivity contribution in [2.75, 3.05) is 38.0 Å². The fourth-order valence-electron chi connectivity index (χ4n) is 3.14. The van der Waals surface area contributed by atoms with Gasteiger partial charge in [0, 0.05) is 51.8 Å². The molecule has 2 aromatic carbocycles. The molecule has 148 valence electrons. The van der Waals surface area contributed by atoms with Crippen LogP contribution in [-0.2, 0) is 16.2 Å². The van der Waals surface area contributed by atoms with Gasteiger partial charge >= 0.3 is 0 Å². The molecule has 1 heterocycles. The molecule has 2 amide bonds. The van der Waals surface area contributed by atoms with Crippen molar-refractivity contribution in [1.29, 1.82) is 0 Å². The van der Waals surface area contributed by atoms with Crippen LogP contribution in [0.1, 0.15) is 18.9 Å². The van der Waals surface area contributed by atoms with Gasteiger partial charge in [-0.15, -0.1) is 0 Å². The molecule has 1 aliphatic heterocycles. The van der Waals surface area contributed by atoms with E-state index in [9.17, 15) is 9.59 Å². The quantitative estimate of drug-likeness (QED) is 0.801.